The van der Waals surface area contributed by atoms with Crippen LogP contribution in [0.15, 0.2) is 36.5 Å². The van der Waals surface area contributed by atoms with Crippen LogP contribution in [0.5, 0.6) is 0 Å². The van der Waals surface area contributed by atoms with Gasteiger partial charge in [0.15, 0.2) is 5.13 Å². The number of hydrogen-bond donors (Lipinski definition) is 2. The quantitative estimate of drug-likeness (QED) is 0.823. The zero-order valence-corrected chi connectivity index (χ0v) is 13.5. The van der Waals surface area contributed by atoms with E-state index < -0.39 is 6.04 Å². The van der Waals surface area contributed by atoms with Gasteiger partial charge in [0.05, 0.1) is 6.04 Å². The topological polar surface area (TPSA) is 68.0 Å². The third-order valence-electron chi connectivity index (χ3n) is 2.97. The molecule has 0 unspecified atom stereocenters. The first-order chi connectivity index (χ1) is 10.2. The van der Waals surface area contributed by atoms with Crippen LogP contribution < -0.4 is 11.1 Å². The van der Waals surface area contributed by atoms with Gasteiger partial charge in [-0.05, 0) is 24.0 Å². The number of nitrogens with two attached hydrogens (primary N) is 1. The van der Waals surface area contributed by atoms with E-state index in [-0.39, 0.29) is 5.91 Å². The Hall–Kier alpha value is -1.37. The minimum absolute atomic E-state index is 0.162. The fourth-order valence-electron chi connectivity index (χ4n) is 1.82. The fourth-order valence-corrected chi connectivity index (χ4v) is 3.16. The normalized spacial score (nSPS) is 12.1. The van der Waals surface area contributed by atoms with E-state index in [1.807, 2.05) is 24.5 Å². The summed E-state index contributed by atoms with van der Waals surface area (Å²) in [6, 6.07) is 9.72. The summed E-state index contributed by atoms with van der Waals surface area (Å²) in [6.07, 6.45) is 5.31. The molecule has 0 saturated carbocycles. The highest BCUT2D eigenvalue weighted by atomic mass is 32.2. The molecular weight excluding hydrogens is 302 g/mol. The molecule has 1 atom stereocenters. The van der Waals surface area contributed by atoms with E-state index in [1.165, 1.54) is 16.9 Å². The Kier molecular flexibility index (Phi) is 6.22. The van der Waals surface area contributed by atoms with Gasteiger partial charge >= 0.3 is 0 Å². The summed E-state index contributed by atoms with van der Waals surface area (Å²) < 4.78 is 0. The van der Waals surface area contributed by atoms with Crippen molar-refractivity contribution in [2.45, 2.75) is 18.9 Å². The van der Waals surface area contributed by atoms with Crippen LogP contribution in [-0.4, -0.2) is 28.9 Å². The van der Waals surface area contributed by atoms with Crippen LogP contribution in [0.25, 0.3) is 0 Å². The molecule has 0 bridgehead atoms. The maximum absolute atomic E-state index is 11.9. The van der Waals surface area contributed by atoms with Gasteiger partial charge in [-0.25, -0.2) is 4.98 Å². The first-order valence-corrected chi connectivity index (χ1v) is 8.94. The SMILES string of the molecule is CSCC[C@H](N)C(=O)Nc1ncc(Cc2ccccc2)s1. The van der Waals surface area contributed by atoms with E-state index in [1.54, 1.807) is 18.0 Å². The number of hydrogen-bond acceptors (Lipinski definition) is 5. The predicted molar refractivity (Wildman–Crippen MR) is 91.0 cm³/mol. The molecule has 4 nitrogen and oxygen atoms in total. The monoisotopic (exact) mass is 321 g/mol. The van der Waals surface area contributed by atoms with Crippen LogP contribution in [0.3, 0.4) is 0 Å². The molecule has 2 aromatic rings. The lowest BCUT2D eigenvalue weighted by Crippen LogP contribution is -2.36. The molecule has 6 heteroatoms. The van der Waals surface area contributed by atoms with Crippen LogP contribution in [0.1, 0.15) is 16.9 Å². The number of carbonyl (C=O) groups excluding carboxylic acids is 1. The second-order valence-electron chi connectivity index (χ2n) is 4.67. The molecule has 2 rings (SSSR count). The molecule has 0 spiro atoms. The molecule has 0 fully saturated rings. The van der Waals surface area contributed by atoms with Gasteiger partial charge < -0.3 is 11.1 Å². The average Bonchev–Trinajstić information content (AvgIpc) is 2.92. The Morgan fingerprint density at radius 1 is 1.43 bits per heavy atom. The van der Waals surface area contributed by atoms with Crippen LogP contribution in [-0.2, 0) is 11.2 Å². The first kappa shape index (κ1) is 16.0. The molecule has 0 aliphatic carbocycles. The Bertz CT molecular complexity index is 571. The van der Waals surface area contributed by atoms with Crippen molar-refractivity contribution < 1.29 is 4.79 Å². The van der Waals surface area contributed by atoms with Gasteiger partial charge in [-0.2, -0.15) is 11.8 Å². The number of thiazole rings is 1. The highest BCUT2D eigenvalue weighted by Gasteiger charge is 2.14. The summed E-state index contributed by atoms with van der Waals surface area (Å²) in [5.74, 6) is 0.718. The second kappa shape index (κ2) is 8.17. The van der Waals surface area contributed by atoms with Crippen molar-refractivity contribution in [2.24, 2.45) is 5.73 Å². The largest absolute Gasteiger partial charge is 0.320 e. The standard InChI is InChI=1S/C15H19N3OS2/c1-20-8-7-13(16)14(19)18-15-17-10-12(21-15)9-11-5-3-2-4-6-11/h2-6,10,13H,7-9,16H2,1H3,(H,17,18,19)/t13-/m0/s1. The van der Waals surface area contributed by atoms with Crippen LogP contribution in [0, 0.1) is 0 Å². The Morgan fingerprint density at radius 2 is 2.19 bits per heavy atom. The molecule has 1 amide bonds. The highest BCUT2D eigenvalue weighted by molar-refractivity contribution is 7.98. The molecule has 0 aliphatic rings. The van der Waals surface area contributed by atoms with Crippen LogP contribution in [0.4, 0.5) is 5.13 Å². The number of thioether (sulfide) groups is 1. The molecule has 1 heterocycles. The molecule has 21 heavy (non-hydrogen) atoms. The number of anilines is 1. The van der Waals surface area contributed by atoms with Crippen molar-refractivity contribution in [1.82, 2.24) is 4.98 Å². The van der Waals surface area contributed by atoms with E-state index in [0.29, 0.717) is 11.6 Å². The third kappa shape index (κ3) is 5.15. The summed E-state index contributed by atoms with van der Waals surface area (Å²) in [6.45, 7) is 0. The molecule has 0 saturated heterocycles. The Balaban J connectivity index is 1.89. The highest BCUT2D eigenvalue weighted by Crippen LogP contribution is 2.21. The number of nitrogens with zero attached hydrogens (tertiary/aromatic N) is 1. The van der Waals surface area contributed by atoms with Crippen molar-refractivity contribution in [1.29, 1.82) is 0 Å². The zero-order chi connectivity index (χ0) is 15.1. The maximum Gasteiger partial charge on any atom is 0.243 e. The van der Waals surface area contributed by atoms with E-state index in [0.717, 1.165) is 17.1 Å². The van der Waals surface area contributed by atoms with Gasteiger partial charge in [0.2, 0.25) is 5.91 Å². The van der Waals surface area contributed by atoms with Gasteiger partial charge in [-0.3, -0.25) is 4.79 Å². The van der Waals surface area contributed by atoms with Gasteiger partial charge in [0.1, 0.15) is 0 Å². The van der Waals surface area contributed by atoms with E-state index >= 15 is 0 Å². The minimum atomic E-state index is -0.473. The zero-order valence-electron chi connectivity index (χ0n) is 11.9. The molecule has 1 aromatic carbocycles. The Morgan fingerprint density at radius 3 is 2.90 bits per heavy atom. The van der Waals surface area contributed by atoms with Gasteiger partial charge in [-0.1, -0.05) is 30.3 Å². The summed E-state index contributed by atoms with van der Waals surface area (Å²) in [4.78, 5) is 17.3. The molecule has 3 N–H and O–H groups in total. The lowest BCUT2D eigenvalue weighted by Gasteiger charge is -2.09. The molecule has 0 radical (unpaired) electrons. The smallest absolute Gasteiger partial charge is 0.243 e. The molecule has 112 valence electrons. The first-order valence-electron chi connectivity index (χ1n) is 6.73. The predicted octanol–water partition coefficient (Wildman–Crippen LogP) is 2.75. The summed E-state index contributed by atoms with van der Waals surface area (Å²) >= 11 is 3.18. The third-order valence-corrected chi connectivity index (χ3v) is 4.53. The summed E-state index contributed by atoms with van der Waals surface area (Å²) in [7, 11) is 0. The van der Waals surface area contributed by atoms with Gasteiger partial charge in [0, 0.05) is 17.5 Å². The van der Waals surface area contributed by atoms with E-state index in [9.17, 15) is 4.79 Å². The van der Waals surface area contributed by atoms with Crippen molar-refractivity contribution in [3.8, 4) is 0 Å². The minimum Gasteiger partial charge on any atom is -0.320 e. The van der Waals surface area contributed by atoms with Crippen molar-refractivity contribution >= 4 is 34.1 Å². The molecule has 0 aliphatic heterocycles. The van der Waals surface area contributed by atoms with Crippen molar-refractivity contribution in [2.75, 3.05) is 17.3 Å². The van der Waals surface area contributed by atoms with E-state index in [2.05, 4.69) is 22.4 Å². The van der Waals surface area contributed by atoms with Crippen molar-refractivity contribution in [3.05, 3.63) is 47.0 Å². The number of benzene rings is 1. The second-order valence-corrected chi connectivity index (χ2v) is 6.77. The van der Waals surface area contributed by atoms with Crippen molar-refractivity contribution in [3.63, 3.8) is 0 Å². The Labute approximate surface area is 133 Å². The lowest BCUT2D eigenvalue weighted by molar-refractivity contribution is -0.117. The molecular formula is C15H19N3OS2. The number of nitrogens with one attached hydrogen (secondary N) is 1. The van der Waals surface area contributed by atoms with Crippen LogP contribution in [0.2, 0.25) is 0 Å². The number of aromatic nitrogens is 1. The summed E-state index contributed by atoms with van der Waals surface area (Å²) in [5.41, 5.74) is 7.07. The van der Waals surface area contributed by atoms with Crippen LogP contribution >= 0.6 is 23.1 Å². The maximum atomic E-state index is 11.9. The fraction of sp³-hybridized carbons (Fsp3) is 0.333. The molecule has 1 aromatic heterocycles. The number of rotatable bonds is 7. The van der Waals surface area contributed by atoms with E-state index in [4.69, 9.17) is 5.73 Å². The number of carbonyl (C=O) groups is 1. The summed E-state index contributed by atoms with van der Waals surface area (Å²) in [5, 5.41) is 3.41. The average molecular weight is 321 g/mol. The van der Waals surface area contributed by atoms with Gasteiger partial charge in [0.25, 0.3) is 0 Å². The van der Waals surface area contributed by atoms with Gasteiger partial charge in [-0.15, -0.1) is 11.3 Å². The number of amides is 1. The lowest BCUT2D eigenvalue weighted by atomic mass is 10.1.